The Morgan fingerprint density at radius 3 is 2.75 bits per heavy atom. The maximum absolute atomic E-state index is 12.3. The van der Waals surface area contributed by atoms with E-state index in [0.717, 1.165) is 34.8 Å². The molecule has 0 saturated carbocycles. The summed E-state index contributed by atoms with van der Waals surface area (Å²) in [7, 11) is 0. The number of nitrogens with one attached hydrogen (secondary N) is 1. The number of aryl methyl sites for hydroxylation is 1. The second kappa shape index (κ2) is 7.09. The van der Waals surface area contributed by atoms with Gasteiger partial charge in [-0.25, -0.2) is 0 Å². The van der Waals surface area contributed by atoms with E-state index in [1.807, 2.05) is 32.0 Å². The van der Waals surface area contributed by atoms with Crippen LogP contribution in [0.1, 0.15) is 30.6 Å². The summed E-state index contributed by atoms with van der Waals surface area (Å²) >= 11 is 1.11. The number of rotatable bonds is 5. The molecule has 7 heteroatoms. The van der Waals surface area contributed by atoms with E-state index in [1.165, 1.54) is 4.57 Å². The molecule has 1 amide bonds. The second-order valence-corrected chi connectivity index (χ2v) is 6.48. The second-order valence-electron chi connectivity index (χ2n) is 5.66. The molecule has 0 aliphatic carbocycles. The molecule has 0 spiro atoms. The summed E-state index contributed by atoms with van der Waals surface area (Å²) in [6, 6.07) is 5.57. The van der Waals surface area contributed by atoms with Gasteiger partial charge in [0.1, 0.15) is 19.8 Å². The molecular formula is C17H20N2O4S. The van der Waals surface area contributed by atoms with Gasteiger partial charge >= 0.3 is 4.87 Å². The molecule has 1 aliphatic rings. The lowest BCUT2D eigenvalue weighted by atomic mass is 10.0. The van der Waals surface area contributed by atoms with E-state index < -0.39 is 0 Å². The maximum Gasteiger partial charge on any atom is 0.307 e. The van der Waals surface area contributed by atoms with Crippen LogP contribution >= 0.6 is 11.3 Å². The van der Waals surface area contributed by atoms with Gasteiger partial charge in [0, 0.05) is 11.1 Å². The van der Waals surface area contributed by atoms with E-state index in [9.17, 15) is 9.59 Å². The minimum absolute atomic E-state index is 0.0369. The molecule has 2 heterocycles. The number of carbonyl (C=O) groups is 1. The summed E-state index contributed by atoms with van der Waals surface area (Å²) in [6.45, 7) is 4.94. The number of hydrogen-bond donors (Lipinski definition) is 1. The Hall–Kier alpha value is -2.28. The lowest BCUT2D eigenvalue weighted by Gasteiger charge is -2.22. The SMILES string of the molecule is CC[C@H](NC(=O)Cn1c(C)csc1=O)c1ccc2c(c1)OCCO2. The van der Waals surface area contributed by atoms with Gasteiger partial charge in [-0.15, -0.1) is 0 Å². The largest absolute Gasteiger partial charge is 0.486 e. The van der Waals surface area contributed by atoms with Gasteiger partial charge in [-0.2, -0.15) is 0 Å². The molecule has 3 rings (SSSR count). The molecule has 1 aromatic carbocycles. The van der Waals surface area contributed by atoms with Crippen LogP contribution in [-0.4, -0.2) is 23.7 Å². The Morgan fingerprint density at radius 2 is 2.08 bits per heavy atom. The molecule has 0 radical (unpaired) electrons. The number of nitrogens with zero attached hydrogens (tertiary/aromatic N) is 1. The summed E-state index contributed by atoms with van der Waals surface area (Å²) < 4.78 is 12.6. The first-order valence-corrected chi connectivity index (χ1v) is 8.80. The smallest absolute Gasteiger partial charge is 0.307 e. The molecule has 0 saturated heterocycles. The van der Waals surface area contributed by atoms with Gasteiger partial charge in [0.15, 0.2) is 11.5 Å². The van der Waals surface area contributed by atoms with Crippen LogP contribution < -0.4 is 19.7 Å². The number of ether oxygens (including phenoxy) is 2. The fourth-order valence-electron chi connectivity index (χ4n) is 2.68. The van der Waals surface area contributed by atoms with Crippen LogP contribution in [0.2, 0.25) is 0 Å². The summed E-state index contributed by atoms with van der Waals surface area (Å²) in [4.78, 5) is 23.9. The molecular weight excluding hydrogens is 328 g/mol. The lowest BCUT2D eigenvalue weighted by Crippen LogP contribution is -2.33. The van der Waals surface area contributed by atoms with E-state index >= 15 is 0 Å². The van der Waals surface area contributed by atoms with Crippen LogP contribution in [0.15, 0.2) is 28.4 Å². The van der Waals surface area contributed by atoms with Crippen LogP contribution in [0.5, 0.6) is 11.5 Å². The van der Waals surface area contributed by atoms with E-state index in [2.05, 4.69) is 5.32 Å². The Bertz CT molecular complexity index is 796. The summed E-state index contributed by atoms with van der Waals surface area (Å²) in [5.74, 6) is 1.25. The van der Waals surface area contributed by atoms with Crippen molar-refractivity contribution in [2.24, 2.45) is 0 Å². The van der Waals surface area contributed by atoms with Crippen molar-refractivity contribution in [2.75, 3.05) is 13.2 Å². The number of thiazole rings is 1. The van der Waals surface area contributed by atoms with Crippen molar-refractivity contribution in [3.63, 3.8) is 0 Å². The molecule has 1 aliphatic heterocycles. The fourth-order valence-corrected chi connectivity index (χ4v) is 3.41. The lowest BCUT2D eigenvalue weighted by molar-refractivity contribution is -0.122. The van der Waals surface area contributed by atoms with Gasteiger partial charge in [0.25, 0.3) is 0 Å². The third-order valence-corrected chi connectivity index (χ3v) is 4.87. The first-order valence-electron chi connectivity index (χ1n) is 7.92. The number of amides is 1. The van der Waals surface area contributed by atoms with Crippen molar-refractivity contribution in [1.29, 1.82) is 0 Å². The predicted molar refractivity (Wildman–Crippen MR) is 91.9 cm³/mol. The minimum Gasteiger partial charge on any atom is -0.486 e. The molecule has 0 unspecified atom stereocenters. The number of hydrogen-bond acceptors (Lipinski definition) is 5. The molecule has 2 aromatic rings. The van der Waals surface area contributed by atoms with Crippen molar-refractivity contribution in [3.05, 3.63) is 44.5 Å². The summed E-state index contributed by atoms with van der Waals surface area (Å²) in [6.07, 6.45) is 0.739. The molecule has 1 N–H and O–H groups in total. The van der Waals surface area contributed by atoms with E-state index in [1.54, 1.807) is 5.38 Å². The van der Waals surface area contributed by atoms with E-state index in [-0.39, 0.29) is 23.4 Å². The van der Waals surface area contributed by atoms with Gasteiger partial charge in [-0.1, -0.05) is 24.3 Å². The maximum atomic E-state index is 12.3. The Morgan fingerprint density at radius 1 is 1.33 bits per heavy atom. The number of carbonyl (C=O) groups excluding carboxylic acids is 1. The highest BCUT2D eigenvalue weighted by molar-refractivity contribution is 7.07. The zero-order valence-electron chi connectivity index (χ0n) is 13.7. The minimum atomic E-state index is -0.180. The quantitative estimate of drug-likeness (QED) is 0.900. The van der Waals surface area contributed by atoms with Crippen molar-refractivity contribution >= 4 is 17.2 Å². The first-order chi connectivity index (χ1) is 11.6. The van der Waals surface area contributed by atoms with Crippen LogP contribution in [0.4, 0.5) is 0 Å². The average molecular weight is 348 g/mol. The number of aromatic nitrogens is 1. The van der Waals surface area contributed by atoms with Gasteiger partial charge in [0.2, 0.25) is 5.91 Å². The molecule has 24 heavy (non-hydrogen) atoms. The highest BCUT2D eigenvalue weighted by Crippen LogP contribution is 2.33. The predicted octanol–water partition coefficient (Wildman–Crippen LogP) is 2.26. The monoisotopic (exact) mass is 348 g/mol. The average Bonchev–Trinajstić information content (AvgIpc) is 2.91. The molecule has 1 atom stereocenters. The zero-order valence-corrected chi connectivity index (χ0v) is 14.5. The normalized spacial score (nSPS) is 14.2. The third-order valence-electron chi connectivity index (χ3n) is 3.99. The van der Waals surface area contributed by atoms with Gasteiger partial charge in [-0.05, 0) is 31.0 Å². The third kappa shape index (κ3) is 3.46. The van der Waals surface area contributed by atoms with Crippen molar-refractivity contribution in [1.82, 2.24) is 9.88 Å². The standard InChI is InChI=1S/C17H20N2O4S/c1-3-13(12-4-5-14-15(8-12)23-7-6-22-14)18-16(20)9-19-11(2)10-24-17(19)21/h4-5,8,10,13H,3,6-7,9H2,1-2H3,(H,18,20)/t13-/m0/s1. The Balaban J connectivity index is 1.72. The Labute approximate surface area is 144 Å². The highest BCUT2D eigenvalue weighted by atomic mass is 32.1. The topological polar surface area (TPSA) is 69.6 Å². The zero-order chi connectivity index (χ0) is 17.1. The highest BCUT2D eigenvalue weighted by Gasteiger charge is 2.18. The van der Waals surface area contributed by atoms with Gasteiger partial charge < -0.3 is 14.8 Å². The van der Waals surface area contributed by atoms with E-state index in [0.29, 0.717) is 19.0 Å². The van der Waals surface area contributed by atoms with E-state index in [4.69, 9.17) is 9.47 Å². The van der Waals surface area contributed by atoms with Crippen LogP contribution in [-0.2, 0) is 11.3 Å². The van der Waals surface area contributed by atoms with Crippen LogP contribution in [0.3, 0.4) is 0 Å². The van der Waals surface area contributed by atoms with Gasteiger partial charge in [0.05, 0.1) is 6.04 Å². The first kappa shape index (κ1) is 16.6. The van der Waals surface area contributed by atoms with Crippen molar-refractivity contribution < 1.29 is 14.3 Å². The van der Waals surface area contributed by atoms with Crippen LogP contribution in [0, 0.1) is 6.92 Å². The van der Waals surface area contributed by atoms with Crippen molar-refractivity contribution in [3.8, 4) is 11.5 Å². The number of benzene rings is 1. The molecule has 0 fully saturated rings. The molecule has 128 valence electrons. The molecule has 6 nitrogen and oxygen atoms in total. The van der Waals surface area contributed by atoms with Crippen molar-refractivity contribution in [2.45, 2.75) is 32.9 Å². The number of fused-ring (bicyclic) bond motifs is 1. The summed E-state index contributed by atoms with van der Waals surface area (Å²) in [5, 5.41) is 4.75. The molecule has 0 bridgehead atoms. The molecule has 1 aromatic heterocycles. The van der Waals surface area contributed by atoms with Gasteiger partial charge in [-0.3, -0.25) is 14.2 Å². The fraction of sp³-hybridized carbons (Fsp3) is 0.412. The van der Waals surface area contributed by atoms with Crippen LogP contribution in [0.25, 0.3) is 0 Å². The summed E-state index contributed by atoms with van der Waals surface area (Å²) in [5.41, 5.74) is 1.76. The Kier molecular flexibility index (Phi) is 4.89.